The monoisotopic (exact) mass is 240 g/mol. The maximum absolute atomic E-state index is 4.85. The lowest BCUT2D eigenvalue weighted by atomic mass is 10.2. The molecule has 0 amide bonds. The van der Waals surface area contributed by atoms with Gasteiger partial charge in [0.25, 0.3) is 0 Å². The van der Waals surface area contributed by atoms with E-state index >= 15 is 0 Å². The zero-order valence-corrected chi connectivity index (χ0v) is 12.6. The fraction of sp³-hybridized carbons (Fsp3) is 0.600. The maximum atomic E-state index is 4.85. The van der Waals surface area contributed by atoms with Crippen LogP contribution in [0.5, 0.6) is 0 Å². The van der Waals surface area contributed by atoms with E-state index in [9.17, 15) is 0 Å². The van der Waals surface area contributed by atoms with Crippen LogP contribution in [0.1, 0.15) is 47.1 Å². The van der Waals surface area contributed by atoms with Crippen molar-refractivity contribution < 1.29 is 0 Å². The van der Waals surface area contributed by atoms with E-state index in [1.165, 1.54) is 5.56 Å². The Hall–Kier alpha value is -0.860. The molecule has 0 saturated heterocycles. The average molecular weight is 240 g/mol. The van der Waals surface area contributed by atoms with Crippen molar-refractivity contribution in [1.82, 2.24) is 5.32 Å². The molecule has 0 aliphatic carbocycles. The molecule has 0 aliphatic heterocycles. The Labute approximate surface area is 109 Å². The molecule has 0 unspecified atom stereocenters. The third-order valence-electron chi connectivity index (χ3n) is 1.42. The molecule has 17 heavy (non-hydrogen) atoms. The van der Waals surface area contributed by atoms with Crippen LogP contribution < -0.4 is 11.1 Å². The molecule has 0 heterocycles. The molecule has 0 spiro atoms. The zero-order chi connectivity index (χ0) is 13.9. The number of nitrogens with one attached hydrogen (secondary N) is 1. The lowest BCUT2D eigenvalue weighted by Crippen LogP contribution is -2.11. The van der Waals surface area contributed by atoms with Crippen molar-refractivity contribution in [1.29, 1.82) is 0 Å². The van der Waals surface area contributed by atoms with E-state index in [4.69, 9.17) is 5.73 Å². The predicted molar refractivity (Wildman–Crippen MR) is 81.2 cm³/mol. The summed E-state index contributed by atoms with van der Waals surface area (Å²) >= 11 is 0. The molecule has 1 rings (SSSR count). The number of benzene rings is 1. The van der Waals surface area contributed by atoms with Crippen molar-refractivity contribution in [3.63, 3.8) is 0 Å². The van der Waals surface area contributed by atoms with Crippen LogP contribution in [0.25, 0.3) is 0 Å². The molecule has 1 aromatic rings. The molecule has 2 heteroatoms. The molecule has 0 radical (unpaired) electrons. The van der Waals surface area contributed by atoms with Crippen molar-refractivity contribution in [2.24, 2.45) is 5.73 Å². The van der Waals surface area contributed by atoms with Crippen molar-refractivity contribution in [3.05, 3.63) is 35.9 Å². The fourth-order valence-electron chi connectivity index (χ4n) is 0.865. The van der Waals surface area contributed by atoms with Gasteiger partial charge >= 0.3 is 0 Å². The summed E-state index contributed by atoms with van der Waals surface area (Å²) < 4.78 is 0. The SMILES string of the molecule is CC.CC.CCN.CCNCc1ccccc1. The average Bonchev–Trinajstić information content (AvgIpc) is 2.43. The van der Waals surface area contributed by atoms with E-state index in [0.29, 0.717) is 0 Å². The smallest absolute Gasteiger partial charge is 0.0205 e. The number of rotatable bonds is 3. The van der Waals surface area contributed by atoms with Crippen LogP contribution in [-0.4, -0.2) is 13.1 Å². The van der Waals surface area contributed by atoms with E-state index in [2.05, 4.69) is 36.5 Å². The third kappa shape index (κ3) is 21.1. The summed E-state index contributed by atoms with van der Waals surface area (Å²) in [4.78, 5) is 0. The Bertz CT molecular complexity index is 185. The van der Waals surface area contributed by atoms with E-state index in [1.807, 2.05) is 40.7 Å². The molecule has 0 saturated carbocycles. The predicted octanol–water partition coefficient (Wildman–Crippen LogP) is 3.81. The third-order valence-corrected chi connectivity index (χ3v) is 1.42. The molecule has 0 aliphatic rings. The molecular formula is C15H32N2. The first kappa shape index (κ1) is 21.4. The van der Waals surface area contributed by atoms with Crippen molar-refractivity contribution in [3.8, 4) is 0 Å². The molecule has 2 nitrogen and oxygen atoms in total. The molecule has 3 N–H and O–H groups in total. The molecule has 102 valence electrons. The van der Waals surface area contributed by atoms with Gasteiger partial charge in [-0.25, -0.2) is 0 Å². The molecule has 0 atom stereocenters. The first-order chi connectivity index (χ1) is 8.35. The van der Waals surface area contributed by atoms with Gasteiger partial charge in [0.05, 0.1) is 0 Å². The minimum Gasteiger partial charge on any atom is -0.331 e. The second kappa shape index (κ2) is 24.4. The molecule has 0 fully saturated rings. The van der Waals surface area contributed by atoms with E-state index in [0.717, 1.165) is 19.6 Å². The van der Waals surface area contributed by atoms with Crippen LogP contribution in [0, 0.1) is 0 Å². The summed E-state index contributed by atoms with van der Waals surface area (Å²) in [7, 11) is 0. The van der Waals surface area contributed by atoms with Crippen molar-refractivity contribution in [2.75, 3.05) is 13.1 Å². The number of nitrogens with two attached hydrogens (primary N) is 1. The molecule has 1 aromatic carbocycles. The van der Waals surface area contributed by atoms with Gasteiger partial charge in [-0.2, -0.15) is 0 Å². The minimum absolute atomic E-state index is 0.750. The van der Waals surface area contributed by atoms with Crippen LogP contribution in [0.3, 0.4) is 0 Å². The van der Waals surface area contributed by atoms with Crippen LogP contribution in [0.15, 0.2) is 30.3 Å². The normalized spacial score (nSPS) is 7.47. The lowest BCUT2D eigenvalue weighted by molar-refractivity contribution is 0.727. The molecule has 0 bridgehead atoms. The zero-order valence-electron chi connectivity index (χ0n) is 12.6. The Morgan fingerprint density at radius 2 is 1.35 bits per heavy atom. The second-order valence-corrected chi connectivity index (χ2v) is 2.67. The highest BCUT2D eigenvalue weighted by Crippen LogP contribution is 1.96. The van der Waals surface area contributed by atoms with E-state index in [-0.39, 0.29) is 0 Å². The minimum atomic E-state index is 0.750. The maximum Gasteiger partial charge on any atom is 0.0205 e. The summed E-state index contributed by atoms with van der Waals surface area (Å²) in [5, 5.41) is 3.26. The summed E-state index contributed by atoms with van der Waals surface area (Å²) in [6, 6.07) is 10.4. The summed E-state index contributed by atoms with van der Waals surface area (Å²) in [5.74, 6) is 0. The number of hydrogen-bond acceptors (Lipinski definition) is 2. The van der Waals surface area contributed by atoms with Gasteiger partial charge in [0.1, 0.15) is 0 Å². The second-order valence-electron chi connectivity index (χ2n) is 2.67. The summed E-state index contributed by atoms with van der Waals surface area (Å²) in [5.41, 5.74) is 6.20. The van der Waals surface area contributed by atoms with Gasteiger partial charge in [0.2, 0.25) is 0 Å². The summed E-state index contributed by atoms with van der Waals surface area (Å²) in [6.45, 7) is 14.8. The molecule has 0 aromatic heterocycles. The fourth-order valence-corrected chi connectivity index (χ4v) is 0.865. The van der Waals surface area contributed by atoms with Gasteiger partial charge in [-0.15, -0.1) is 0 Å². The van der Waals surface area contributed by atoms with E-state index < -0.39 is 0 Å². The van der Waals surface area contributed by atoms with Gasteiger partial charge in [-0.05, 0) is 18.7 Å². The van der Waals surface area contributed by atoms with Crippen LogP contribution >= 0.6 is 0 Å². The largest absolute Gasteiger partial charge is 0.331 e. The van der Waals surface area contributed by atoms with Gasteiger partial charge in [0.15, 0.2) is 0 Å². The van der Waals surface area contributed by atoms with Crippen LogP contribution in [-0.2, 0) is 6.54 Å². The van der Waals surface area contributed by atoms with E-state index in [1.54, 1.807) is 0 Å². The van der Waals surface area contributed by atoms with Gasteiger partial charge in [0, 0.05) is 6.54 Å². The first-order valence-electron chi connectivity index (χ1n) is 6.79. The van der Waals surface area contributed by atoms with Gasteiger partial charge in [-0.3, -0.25) is 0 Å². The number of hydrogen-bond donors (Lipinski definition) is 2. The standard InChI is InChI=1S/C9H13N.C2H7N.2C2H6/c1-2-10-8-9-6-4-3-5-7-9;1-2-3;2*1-2/h3-7,10H,2,8H2,1H3;2-3H2,1H3;2*1-2H3. The first-order valence-corrected chi connectivity index (χ1v) is 6.79. The van der Waals surface area contributed by atoms with Gasteiger partial charge < -0.3 is 11.1 Å². The highest BCUT2D eigenvalue weighted by atomic mass is 14.8. The molecular weight excluding hydrogens is 208 g/mol. The topological polar surface area (TPSA) is 38.0 Å². The van der Waals surface area contributed by atoms with Crippen molar-refractivity contribution in [2.45, 2.75) is 48.1 Å². The van der Waals surface area contributed by atoms with Gasteiger partial charge in [-0.1, -0.05) is 71.9 Å². The Morgan fingerprint density at radius 1 is 0.941 bits per heavy atom. The quantitative estimate of drug-likeness (QED) is 0.843. The van der Waals surface area contributed by atoms with Crippen LogP contribution in [0.4, 0.5) is 0 Å². The van der Waals surface area contributed by atoms with Crippen LogP contribution in [0.2, 0.25) is 0 Å². The van der Waals surface area contributed by atoms with Crippen molar-refractivity contribution >= 4 is 0 Å². The highest BCUT2D eigenvalue weighted by Gasteiger charge is 1.85. The Balaban J connectivity index is -0.000000239. The lowest BCUT2D eigenvalue weighted by Gasteiger charge is -1.99. The Kier molecular flexibility index (Phi) is 30.7. The summed E-state index contributed by atoms with van der Waals surface area (Å²) in [6.07, 6.45) is 0. The Morgan fingerprint density at radius 3 is 1.71 bits per heavy atom. The highest BCUT2D eigenvalue weighted by molar-refractivity contribution is 5.14.